The van der Waals surface area contributed by atoms with Crippen LogP contribution in [0, 0.1) is 12.7 Å². The molecule has 2 atom stereocenters. The summed E-state index contributed by atoms with van der Waals surface area (Å²) in [5.74, 6) is 0.407. The fourth-order valence-corrected chi connectivity index (χ4v) is 6.10. The lowest BCUT2D eigenvalue weighted by Gasteiger charge is -2.18. The van der Waals surface area contributed by atoms with E-state index in [0.29, 0.717) is 0 Å². The van der Waals surface area contributed by atoms with Gasteiger partial charge in [-0.05, 0) is 69.7 Å². The molecule has 152 valence electrons. The van der Waals surface area contributed by atoms with Crippen molar-refractivity contribution in [2.45, 2.75) is 62.8 Å². The first-order valence-corrected chi connectivity index (χ1v) is 11.6. The topological polar surface area (TPSA) is 54.9 Å². The van der Waals surface area contributed by atoms with Gasteiger partial charge in [0, 0.05) is 10.3 Å². The average molecular weight is 430 g/mol. The van der Waals surface area contributed by atoms with Crippen LogP contribution in [0.5, 0.6) is 0 Å². The summed E-state index contributed by atoms with van der Waals surface area (Å²) in [6, 6.07) is 6.04. The van der Waals surface area contributed by atoms with Crippen LogP contribution in [0.3, 0.4) is 0 Å². The summed E-state index contributed by atoms with van der Waals surface area (Å²) < 4.78 is 13.1. The number of thioether (sulfide) groups is 1. The fourth-order valence-electron chi connectivity index (χ4n) is 3.70. The van der Waals surface area contributed by atoms with E-state index in [2.05, 4.69) is 15.3 Å². The highest BCUT2D eigenvalue weighted by Gasteiger charge is 2.24. The predicted molar refractivity (Wildman–Crippen MR) is 117 cm³/mol. The van der Waals surface area contributed by atoms with E-state index in [1.807, 2.05) is 20.8 Å². The highest BCUT2D eigenvalue weighted by Crippen LogP contribution is 2.40. The molecular weight excluding hydrogens is 405 g/mol. The van der Waals surface area contributed by atoms with Crippen LogP contribution in [0.2, 0.25) is 0 Å². The Hall–Kier alpha value is -1.99. The van der Waals surface area contributed by atoms with Crippen molar-refractivity contribution in [3.63, 3.8) is 0 Å². The summed E-state index contributed by atoms with van der Waals surface area (Å²) in [4.78, 5) is 24.6. The van der Waals surface area contributed by atoms with E-state index >= 15 is 0 Å². The number of carbonyl (C=O) groups is 1. The maximum Gasteiger partial charge on any atom is 0.233 e. The van der Waals surface area contributed by atoms with Crippen molar-refractivity contribution in [1.82, 2.24) is 15.3 Å². The zero-order valence-corrected chi connectivity index (χ0v) is 18.4. The molecule has 7 heteroatoms. The first-order chi connectivity index (χ1) is 13.9. The molecule has 0 saturated heterocycles. The van der Waals surface area contributed by atoms with E-state index in [9.17, 15) is 9.18 Å². The number of aryl methyl sites for hydroxylation is 3. The molecule has 29 heavy (non-hydrogen) atoms. The molecule has 0 saturated carbocycles. The SMILES string of the molecule is Cc1nc(S[C@@H](C)C(=O)N[C@H](C)c2ccc(F)cc2)c2c3c(sc2n1)CCCC3. The largest absolute Gasteiger partial charge is 0.349 e. The van der Waals surface area contributed by atoms with Crippen molar-refractivity contribution in [2.24, 2.45) is 0 Å². The van der Waals surface area contributed by atoms with Gasteiger partial charge in [-0.3, -0.25) is 4.79 Å². The number of rotatable bonds is 5. The number of fused-ring (bicyclic) bond motifs is 3. The van der Waals surface area contributed by atoms with Crippen LogP contribution in [0.15, 0.2) is 29.3 Å². The smallest absolute Gasteiger partial charge is 0.233 e. The van der Waals surface area contributed by atoms with Gasteiger partial charge < -0.3 is 5.32 Å². The number of hydrogen-bond acceptors (Lipinski definition) is 5. The molecule has 1 aromatic carbocycles. The molecule has 0 fully saturated rings. The third-order valence-electron chi connectivity index (χ3n) is 5.28. The lowest BCUT2D eigenvalue weighted by atomic mass is 9.97. The minimum Gasteiger partial charge on any atom is -0.349 e. The number of thiophene rings is 1. The van der Waals surface area contributed by atoms with Gasteiger partial charge in [-0.15, -0.1) is 11.3 Å². The Balaban J connectivity index is 1.53. The van der Waals surface area contributed by atoms with E-state index in [4.69, 9.17) is 0 Å². The molecule has 0 spiro atoms. The zero-order chi connectivity index (χ0) is 20.5. The predicted octanol–water partition coefficient (Wildman–Crippen LogP) is 5.38. The Morgan fingerprint density at radius 2 is 1.90 bits per heavy atom. The molecular formula is C22H24FN3OS2. The molecule has 1 aliphatic rings. The van der Waals surface area contributed by atoms with Crippen molar-refractivity contribution >= 4 is 39.2 Å². The third kappa shape index (κ3) is 4.31. The molecule has 2 heterocycles. The van der Waals surface area contributed by atoms with Crippen molar-refractivity contribution in [1.29, 1.82) is 0 Å². The van der Waals surface area contributed by atoms with Crippen LogP contribution in [-0.4, -0.2) is 21.1 Å². The summed E-state index contributed by atoms with van der Waals surface area (Å²) in [5, 5.41) is 4.79. The maximum atomic E-state index is 13.1. The summed E-state index contributed by atoms with van der Waals surface area (Å²) in [5.41, 5.74) is 2.26. The molecule has 0 aliphatic heterocycles. The quantitative estimate of drug-likeness (QED) is 0.437. The average Bonchev–Trinajstić information content (AvgIpc) is 3.06. The lowest BCUT2D eigenvalue weighted by Crippen LogP contribution is -2.33. The van der Waals surface area contributed by atoms with E-state index < -0.39 is 0 Å². The Kier molecular flexibility index (Phi) is 5.88. The van der Waals surface area contributed by atoms with Gasteiger partial charge >= 0.3 is 0 Å². The van der Waals surface area contributed by atoms with Crippen molar-refractivity contribution < 1.29 is 9.18 Å². The number of hydrogen-bond donors (Lipinski definition) is 1. The Morgan fingerprint density at radius 3 is 2.66 bits per heavy atom. The molecule has 0 unspecified atom stereocenters. The summed E-state index contributed by atoms with van der Waals surface area (Å²) in [6.45, 7) is 5.72. The van der Waals surface area contributed by atoms with Gasteiger partial charge in [0.15, 0.2) is 0 Å². The molecule has 1 aliphatic carbocycles. The first kappa shape index (κ1) is 20.3. The second-order valence-corrected chi connectivity index (χ2v) is 9.92. The van der Waals surface area contributed by atoms with E-state index in [1.54, 1.807) is 23.5 Å². The van der Waals surface area contributed by atoms with Crippen molar-refractivity contribution in [3.8, 4) is 0 Å². The minimum atomic E-state index is -0.297. The molecule has 3 aromatic rings. The fraction of sp³-hybridized carbons (Fsp3) is 0.409. The monoisotopic (exact) mass is 429 g/mol. The maximum absolute atomic E-state index is 13.1. The summed E-state index contributed by atoms with van der Waals surface area (Å²) >= 11 is 3.27. The zero-order valence-electron chi connectivity index (χ0n) is 16.8. The molecule has 1 N–H and O–H groups in total. The second-order valence-electron chi connectivity index (χ2n) is 7.51. The van der Waals surface area contributed by atoms with Gasteiger partial charge in [-0.25, -0.2) is 14.4 Å². The molecule has 0 bridgehead atoms. The van der Waals surface area contributed by atoms with Crippen LogP contribution in [0.25, 0.3) is 10.2 Å². The van der Waals surface area contributed by atoms with E-state index in [-0.39, 0.29) is 23.0 Å². The van der Waals surface area contributed by atoms with Crippen LogP contribution < -0.4 is 5.32 Å². The Morgan fingerprint density at radius 1 is 1.17 bits per heavy atom. The van der Waals surface area contributed by atoms with Gasteiger partial charge in [0.2, 0.25) is 5.91 Å². The number of amides is 1. The van der Waals surface area contributed by atoms with Crippen molar-refractivity contribution in [2.75, 3.05) is 0 Å². The molecule has 4 nitrogen and oxygen atoms in total. The van der Waals surface area contributed by atoms with Gasteiger partial charge in [0.1, 0.15) is 21.5 Å². The standard InChI is InChI=1S/C22H24FN3OS2/c1-12(15-8-10-16(23)11-9-15)24-20(27)13(2)28-21-19-17-6-4-5-7-18(17)29-22(19)26-14(3)25-21/h8-13H,4-7H2,1-3H3,(H,24,27)/t12-,13+/m1/s1. The molecule has 2 aromatic heterocycles. The Bertz CT molecular complexity index is 1050. The number of halogens is 1. The molecule has 1 amide bonds. The highest BCUT2D eigenvalue weighted by molar-refractivity contribution is 8.00. The number of aromatic nitrogens is 2. The van der Waals surface area contributed by atoms with Crippen LogP contribution in [-0.2, 0) is 17.6 Å². The number of carbonyl (C=O) groups excluding carboxylic acids is 1. The van der Waals surface area contributed by atoms with Crippen LogP contribution in [0.1, 0.15) is 54.6 Å². The van der Waals surface area contributed by atoms with Crippen LogP contribution >= 0.6 is 23.1 Å². The third-order valence-corrected chi connectivity index (χ3v) is 7.55. The van der Waals surface area contributed by atoms with E-state index in [1.165, 1.54) is 47.2 Å². The number of nitrogens with one attached hydrogen (secondary N) is 1. The van der Waals surface area contributed by atoms with Gasteiger partial charge in [0.25, 0.3) is 0 Å². The number of nitrogens with zero attached hydrogens (tertiary/aromatic N) is 2. The highest BCUT2D eigenvalue weighted by atomic mass is 32.2. The van der Waals surface area contributed by atoms with Gasteiger partial charge in [-0.1, -0.05) is 23.9 Å². The van der Waals surface area contributed by atoms with Gasteiger partial charge in [0.05, 0.1) is 11.3 Å². The normalized spacial score (nSPS) is 15.7. The summed E-state index contributed by atoms with van der Waals surface area (Å²) in [6.07, 6.45) is 4.61. The lowest BCUT2D eigenvalue weighted by molar-refractivity contribution is -0.120. The van der Waals surface area contributed by atoms with Crippen molar-refractivity contribution in [3.05, 3.63) is 51.9 Å². The minimum absolute atomic E-state index is 0.0552. The van der Waals surface area contributed by atoms with Crippen LogP contribution in [0.4, 0.5) is 4.39 Å². The second kappa shape index (κ2) is 8.40. The van der Waals surface area contributed by atoms with Gasteiger partial charge in [-0.2, -0.15) is 0 Å². The Labute approximate surface area is 178 Å². The summed E-state index contributed by atoms with van der Waals surface area (Å²) in [7, 11) is 0. The molecule has 0 radical (unpaired) electrons. The number of benzene rings is 1. The molecule has 4 rings (SSSR count). The first-order valence-electron chi connectivity index (χ1n) is 9.93. The van der Waals surface area contributed by atoms with E-state index in [0.717, 1.165) is 39.5 Å².